The van der Waals surface area contributed by atoms with E-state index in [0.29, 0.717) is 23.7 Å². The van der Waals surface area contributed by atoms with Gasteiger partial charge in [0.1, 0.15) is 18.2 Å². The van der Waals surface area contributed by atoms with E-state index < -0.39 is 11.9 Å². The lowest BCUT2D eigenvalue weighted by molar-refractivity contribution is -0.112. The zero-order valence-corrected chi connectivity index (χ0v) is 17.2. The van der Waals surface area contributed by atoms with E-state index in [9.17, 15) is 14.9 Å². The van der Waals surface area contributed by atoms with E-state index in [4.69, 9.17) is 14.6 Å². The van der Waals surface area contributed by atoms with E-state index in [1.807, 2.05) is 36.4 Å². The van der Waals surface area contributed by atoms with Crippen LogP contribution >= 0.6 is 0 Å². The maximum Gasteiger partial charge on any atom is 0.335 e. The quantitative estimate of drug-likeness (QED) is 0.403. The normalized spacial score (nSPS) is 10.7. The van der Waals surface area contributed by atoms with E-state index >= 15 is 0 Å². The molecule has 160 valence electrons. The minimum absolute atomic E-state index is 0.0284. The third-order valence-corrected chi connectivity index (χ3v) is 4.47. The maximum atomic E-state index is 12.5. The van der Waals surface area contributed by atoms with Crippen molar-refractivity contribution in [1.29, 1.82) is 5.26 Å². The SMILES string of the molecule is COc1ccc(/C=C(/C#N)C(=O)Nc2cccc(C(=O)O)c2)cc1OCc1ccccc1. The summed E-state index contributed by atoms with van der Waals surface area (Å²) in [7, 11) is 1.53. The number of anilines is 1. The van der Waals surface area contributed by atoms with Gasteiger partial charge in [-0.15, -0.1) is 0 Å². The molecule has 0 spiro atoms. The molecule has 0 saturated carbocycles. The number of nitrogens with zero attached hydrogens (tertiary/aromatic N) is 1. The van der Waals surface area contributed by atoms with E-state index in [1.54, 1.807) is 24.3 Å². The van der Waals surface area contributed by atoms with Crippen LogP contribution in [-0.2, 0) is 11.4 Å². The molecule has 0 heterocycles. The van der Waals surface area contributed by atoms with Crippen LogP contribution in [0.1, 0.15) is 21.5 Å². The minimum Gasteiger partial charge on any atom is -0.493 e. The first-order valence-electron chi connectivity index (χ1n) is 9.61. The van der Waals surface area contributed by atoms with Crippen LogP contribution in [0.5, 0.6) is 11.5 Å². The summed E-state index contributed by atoms with van der Waals surface area (Å²) in [5.74, 6) is -0.778. The van der Waals surface area contributed by atoms with E-state index in [2.05, 4.69) is 5.32 Å². The van der Waals surface area contributed by atoms with Crippen LogP contribution in [0, 0.1) is 11.3 Å². The molecule has 1 amide bonds. The Morgan fingerprint density at radius 1 is 1.03 bits per heavy atom. The molecule has 7 nitrogen and oxygen atoms in total. The highest BCUT2D eigenvalue weighted by Gasteiger charge is 2.12. The summed E-state index contributed by atoms with van der Waals surface area (Å²) in [6.45, 7) is 0.329. The standard InChI is InChI=1S/C25H20N2O5/c1-31-22-11-10-18(13-23(22)32-16-17-6-3-2-4-7-17)12-20(15-26)24(28)27-21-9-5-8-19(14-21)25(29)30/h2-14H,16H2,1H3,(H,27,28)(H,29,30)/b20-12-. The van der Waals surface area contributed by atoms with Gasteiger partial charge in [-0.05, 0) is 47.5 Å². The van der Waals surface area contributed by atoms with Crippen molar-refractivity contribution in [3.8, 4) is 17.6 Å². The van der Waals surface area contributed by atoms with Crippen molar-refractivity contribution in [3.63, 3.8) is 0 Å². The second kappa shape index (κ2) is 10.5. The zero-order valence-electron chi connectivity index (χ0n) is 17.2. The van der Waals surface area contributed by atoms with Gasteiger partial charge in [-0.1, -0.05) is 42.5 Å². The highest BCUT2D eigenvalue weighted by Crippen LogP contribution is 2.30. The van der Waals surface area contributed by atoms with Gasteiger partial charge in [0.2, 0.25) is 0 Å². The molecule has 0 saturated heterocycles. The molecule has 0 fully saturated rings. The third-order valence-electron chi connectivity index (χ3n) is 4.47. The van der Waals surface area contributed by atoms with Crippen molar-refractivity contribution in [2.45, 2.75) is 6.61 Å². The Bertz CT molecular complexity index is 1200. The minimum atomic E-state index is -1.11. The first-order valence-corrected chi connectivity index (χ1v) is 9.61. The van der Waals surface area contributed by atoms with E-state index in [1.165, 1.54) is 31.4 Å². The second-order valence-electron chi connectivity index (χ2n) is 6.69. The first-order chi connectivity index (χ1) is 15.5. The topological polar surface area (TPSA) is 109 Å². The summed E-state index contributed by atoms with van der Waals surface area (Å²) >= 11 is 0. The highest BCUT2D eigenvalue weighted by atomic mass is 16.5. The molecule has 0 aliphatic carbocycles. The van der Waals surface area contributed by atoms with Crippen LogP contribution in [0.2, 0.25) is 0 Å². The number of rotatable bonds is 8. The number of hydrogen-bond acceptors (Lipinski definition) is 5. The number of carbonyl (C=O) groups is 2. The van der Waals surface area contributed by atoms with Crippen LogP contribution in [0.25, 0.3) is 6.08 Å². The fourth-order valence-electron chi connectivity index (χ4n) is 2.87. The zero-order chi connectivity index (χ0) is 22.9. The molecule has 2 N–H and O–H groups in total. The number of nitrogens with one attached hydrogen (secondary N) is 1. The van der Waals surface area contributed by atoms with Crippen LogP contribution < -0.4 is 14.8 Å². The van der Waals surface area contributed by atoms with Crippen molar-refractivity contribution in [1.82, 2.24) is 0 Å². The third kappa shape index (κ3) is 5.74. The second-order valence-corrected chi connectivity index (χ2v) is 6.69. The molecular formula is C25H20N2O5. The molecule has 3 aromatic rings. The fourth-order valence-corrected chi connectivity index (χ4v) is 2.87. The monoisotopic (exact) mass is 428 g/mol. The average molecular weight is 428 g/mol. The predicted octanol–water partition coefficient (Wildman–Crippen LogP) is 4.52. The molecule has 32 heavy (non-hydrogen) atoms. The molecule has 3 aromatic carbocycles. The molecule has 0 atom stereocenters. The van der Waals surface area contributed by atoms with Gasteiger partial charge in [0.15, 0.2) is 11.5 Å². The van der Waals surface area contributed by atoms with E-state index in [-0.39, 0.29) is 16.8 Å². The number of methoxy groups -OCH3 is 1. The summed E-state index contributed by atoms with van der Waals surface area (Å²) in [4.78, 5) is 23.6. The Hall–Kier alpha value is -4.57. The lowest BCUT2D eigenvalue weighted by Gasteiger charge is -2.12. The number of nitriles is 1. The summed E-state index contributed by atoms with van der Waals surface area (Å²) in [6.07, 6.45) is 1.42. The van der Waals surface area contributed by atoms with Crippen molar-refractivity contribution in [2.75, 3.05) is 12.4 Å². The maximum absolute atomic E-state index is 12.5. The Morgan fingerprint density at radius 3 is 2.50 bits per heavy atom. The summed E-state index contributed by atoms with van der Waals surface area (Å²) < 4.78 is 11.2. The van der Waals surface area contributed by atoms with Gasteiger partial charge in [-0.2, -0.15) is 5.26 Å². The van der Waals surface area contributed by atoms with Gasteiger partial charge in [-0.25, -0.2) is 4.79 Å². The first kappa shape index (κ1) is 22.1. The number of carbonyl (C=O) groups excluding carboxylic acids is 1. The molecule has 0 unspecified atom stereocenters. The average Bonchev–Trinajstić information content (AvgIpc) is 2.82. The van der Waals surface area contributed by atoms with Crippen LogP contribution in [0.3, 0.4) is 0 Å². The van der Waals surface area contributed by atoms with Crippen LogP contribution in [-0.4, -0.2) is 24.1 Å². The number of ether oxygens (including phenoxy) is 2. The van der Waals surface area contributed by atoms with Crippen molar-refractivity contribution >= 4 is 23.6 Å². The molecule has 3 rings (SSSR count). The fraction of sp³-hybridized carbons (Fsp3) is 0.0800. The summed E-state index contributed by atoms with van der Waals surface area (Å²) in [6, 6.07) is 22.3. The van der Waals surface area contributed by atoms with Gasteiger partial charge >= 0.3 is 5.97 Å². The predicted molar refractivity (Wildman–Crippen MR) is 119 cm³/mol. The van der Waals surface area contributed by atoms with Crippen molar-refractivity contribution in [3.05, 3.63) is 95.1 Å². The number of aromatic carboxylic acids is 1. The number of carboxylic acids is 1. The highest BCUT2D eigenvalue weighted by molar-refractivity contribution is 6.10. The van der Waals surface area contributed by atoms with Crippen molar-refractivity contribution in [2.24, 2.45) is 0 Å². The number of hydrogen-bond donors (Lipinski definition) is 2. The van der Waals surface area contributed by atoms with Gasteiger partial charge in [0.05, 0.1) is 12.7 Å². The van der Waals surface area contributed by atoms with Gasteiger partial charge in [-0.3, -0.25) is 4.79 Å². The molecular weight excluding hydrogens is 408 g/mol. The summed E-state index contributed by atoms with van der Waals surface area (Å²) in [5.41, 5.74) is 1.71. The summed E-state index contributed by atoms with van der Waals surface area (Å²) in [5, 5.41) is 21.1. The number of benzene rings is 3. The Kier molecular flexibility index (Phi) is 7.23. The largest absolute Gasteiger partial charge is 0.493 e. The molecule has 7 heteroatoms. The van der Waals surface area contributed by atoms with E-state index in [0.717, 1.165) is 5.56 Å². The lowest BCUT2D eigenvalue weighted by Crippen LogP contribution is -2.14. The molecule has 0 aliphatic rings. The molecule has 0 aliphatic heterocycles. The van der Waals surface area contributed by atoms with Crippen LogP contribution in [0.15, 0.2) is 78.4 Å². The van der Waals surface area contributed by atoms with Gasteiger partial charge < -0.3 is 19.9 Å². The Balaban J connectivity index is 1.80. The Labute approximate surface area is 185 Å². The van der Waals surface area contributed by atoms with Gasteiger partial charge in [0, 0.05) is 5.69 Å². The smallest absolute Gasteiger partial charge is 0.335 e. The molecule has 0 bridgehead atoms. The lowest BCUT2D eigenvalue weighted by atomic mass is 10.1. The number of carboxylic acid groups (broad SMARTS) is 1. The van der Waals surface area contributed by atoms with Crippen molar-refractivity contribution < 1.29 is 24.2 Å². The Morgan fingerprint density at radius 2 is 1.81 bits per heavy atom. The van der Waals surface area contributed by atoms with Crippen LogP contribution in [0.4, 0.5) is 5.69 Å². The number of amides is 1. The molecule has 0 radical (unpaired) electrons. The molecule has 0 aromatic heterocycles. The van der Waals surface area contributed by atoms with Gasteiger partial charge in [0.25, 0.3) is 5.91 Å².